The number of aromatic nitrogens is 3. The Kier molecular flexibility index (Phi) is 6.73. The molecule has 0 amide bonds. The van der Waals surface area contributed by atoms with Crippen molar-refractivity contribution >= 4 is 54.7 Å². The molecule has 2 N–H and O–H groups in total. The normalized spacial score (nSPS) is 12.0. The fourth-order valence-corrected chi connectivity index (χ4v) is 6.42. The lowest BCUT2D eigenvalue weighted by molar-refractivity contribution is -0.384. The van der Waals surface area contributed by atoms with E-state index in [1.807, 2.05) is 79.0 Å². The summed E-state index contributed by atoms with van der Waals surface area (Å²) >= 11 is 7.72. The zero-order valence-electron chi connectivity index (χ0n) is 22.4. The van der Waals surface area contributed by atoms with Gasteiger partial charge < -0.3 is 10.4 Å². The third kappa shape index (κ3) is 5.05. The maximum absolute atomic E-state index is 11.4. The Labute approximate surface area is 254 Å². The third-order valence-electron chi connectivity index (χ3n) is 7.28. The summed E-state index contributed by atoms with van der Waals surface area (Å²) < 4.78 is 2.70. The summed E-state index contributed by atoms with van der Waals surface area (Å²) in [4.78, 5) is 15.8. The van der Waals surface area contributed by atoms with E-state index in [4.69, 9.17) is 21.7 Å². The molecule has 0 bridgehead atoms. The van der Waals surface area contributed by atoms with E-state index in [1.54, 1.807) is 28.9 Å². The zero-order chi connectivity index (χ0) is 29.5. The van der Waals surface area contributed by atoms with Gasteiger partial charge in [-0.3, -0.25) is 10.1 Å². The highest BCUT2D eigenvalue weighted by Crippen LogP contribution is 2.42. The molecule has 5 aromatic carbocycles. The minimum absolute atomic E-state index is 0.0118. The number of nitro groups is 1. The molecular weight excluding hydrogens is 582 g/mol. The molecular formula is C33H22ClN5O3S. The van der Waals surface area contributed by atoms with Crippen LogP contribution < -0.4 is 5.32 Å². The van der Waals surface area contributed by atoms with Gasteiger partial charge in [0.25, 0.3) is 5.69 Å². The van der Waals surface area contributed by atoms with Crippen molar-refractivity contribution in [3.63, 3.8) is 0 Å². The second-order valence-electron chi connectivity index (χ2n) is 9.95. The van der Waals surface area contributed by atoms with Crippen molar-refractivity contribution in [1.29, 1.82) is 0 Å². The molecule has 1 atom stereocenters. The Morgan fingerprint density at radius 3 is 2.49 bits per heavy atom. The lowest BCUT2D eigenvalue weighted by Gasteiger charge is -2.22. The van der Waals surface area contributed by atoms with E-state index in [2.05, 4.69) is 5.32 Å². The van der Waals surface area contributed by atoms with Crippen LogP contribution in [0.3, 0.4) is 0 Å². The number of aromatic hydroxyl groups is 1. The number of benzene rings is 5. The van der Waals surface area contributed by atoms with Crippen molar-refractivity contribution in [1.82, 2.24) is 14.8 Å². The lowest BCUT2D eigenvalue weighted by Crippen LogP contribution is -2.13. The van der Waals surface area contributed by atoms with E-state index in [9.17, 15) is 15.2 Å². The van der Waals surface area contributed by atoms with Crippen LogP contribution in [0, 0.1) is 10.1 Å². The van der Waals surface area contributed by atoms with E-state index in [0.29, 0.717) is 27.0 Å². The van der Waals surface area contributed by atoms with Gasteiger partial charge in [0.2, 0.25) is 0 Å². The number of nitro benzene ring substituents is 1. The van der Waals surface area contributed by atoms with Crippen LogP contribution in [0.25, 0.3) is 37.9 Å². The van der Waals surface area contributed by atoms with E-state index in [-0.39, 0.29) is 11.4 Å². The smallest absolute Gasteiger partial charge is 0.269 e. The van der Waals surface area contributed by atoms with E-state index < -0.39 is 11.0 Å². The molecule has 210 valence electrons. The molecule has 10 heteroatoms. The quantitative estimate of drug-likeness (QED) is 0.139. The Morgan fingerprint density at radius 1 is 0.930 bits per heavy atom. The highest BCUT2D eigenvalue weighted by atomic mass is 35.5. The molecule has 2 heterocycles. The Balaban J connectivity index is 1.47. The summed E-state index contributed by atoms with van der Waals surface area (Å²) in [6.07, 6.45) is 1.93. The number of nitrogens with one attached hydrogen (secondary N) is 1. The molecule has 0 spiro atoms. The van der Waals surface area contributed by atoms with Crippen molar-refractivity contribution in [3.05, 3.63) is 142 Å². The first-order valence-corrected chi connectivity index (χ1v) is 14.6. The lowest BCUT2D eigenvalue weighted by atomic mass is 9.91. The maximum Gasteiger partial charge on any atom is 0.269 e. The first-order valence-electron chi connectivity index (χ1n) is 13.4. The van der Waals surface area contributed by atoms with Crippen LogP contribution in [0.15, 0.2) is 115 Å². The zero-order valence-corrected chi connectivity index (χ0v) is 24.0. The molecule has 1 unspecified atom stereocenters. The number of fused-ring (bicyclic) bond motifs is 2. The topological polar surface area (TPSA) is 106 Å². The van der Waals surface area contributed by atoms with Gasteiger partial charge in [0.05, 0.1) is 32.6 Å². The first kappa shape index (κ1) is 26.6. The minimum atomic E-state index is -0.607. The fraction of sp³-hybridized carbons (Fsp3) is 0.0303. The number of nitrogens with zero attached hydrogens (tertiary/aromatic N) is 4. The van der Waals surface area contributed by atoms with Gasteiger partial charge in [-0.25, -0.2) is 9.67 Å². The average molecular weight is 604 g/mol. The number of thiazole rings is 1. The maximum atomic E-state index is 11.4. The summed E-state index contributed by atoms with van der Waals surface area (Å²) in [6, 6.07) is 32.4. The Hall–Kier alpha value is -5.25. The fourth-order valence-electron chi connectivity index (χ4n) is 5.25. The predicted molar refractivity (Wildman–Crippen MR) is 171 cm³/mol. The minimum Gasteiger partial charge on any atom is -0.508 e. The van der Waals surface area contributed by atoms with Gasteiger partial charge in [0, 0.05) is 40.0 Å². The third-order valence-corrected chi connectivity index (χ3v) is 8.46. The number of non-ortho nitro benzene ring substituents is 1. The Morgan fingerprint density at radius 2 is 1.70 bits per heavy atom. The summed E-state index contributed by atoms with van der Waals surface area (Å²) in [5.74, 6) is 0.113. The van der Waals surface area contributed by atoms with Gasteiger partial charge in [-0.05, 0) is 59.3 Å². The van der Waals surface area contributed by atoms with Gasteiger partial charge in [0.1, 0.15) is 5.75 Å². The molecule has 0 radical (unpaired) electrons. The number of anilines is 1. The Bertz CT molecular complexity index is 2130. The number of para-hydroxylation sites is 1. The van der Waals surface area contributed by atoms with Crippen LogP contribution >= 0.6 is 22.9 Å². The van der Waals surface area contributed by atoms with Gasteiger partial charge in [0.15, 0.2) is 5.13 Å². The molecule has 7 aromatic rings. The van der Waals surface area contributed by atoms with Gasteiger partial charge in [-0.15, -0.1) is 0 Å². The second-order valence-corrected chi connectivity index (χ2v) is 11.4. The van der Waals surface area contributed by atoms with Crippen LogP contribution in [-0.4, -0.2) is 24.8 Å². The number of rotatable bonds is 7. The van der Waals surface area contributed by atoms with Crippen molar-refractivity contribution in [2.75, 3.05) is 5.32 Å². The van der Waals surface area contributed by atoms with Crippen molar-refractivity contribution in [2.45, 2.75) is 6.04 Å². The summed E-state index contributed by atoms with van der Waals surface area (Å²) in [5.41, 5.74) is 4.33. The summed E-state index contributed by atoms with van der Waals surface area (Å²) in [5, 5.41) is 34.4. The van der Waals surface area contributed by atoms with Gasteiger partial charge in [-0.1, -0.05) is 71.5 Å². The second kappa shape index (κ2) is 10.9. The molecule has 7 rings (SSSR count). The van der Waals surface area contributed by atoms with Crippen LogP contribution in [-0.2, 0) is 0 Å². The van der Waals surface area contributed by atoms with E-state index in [1.165, 1.54) is 23.5 Å². The average Bonchev–Trinajstić information content (AvgIpc) is 3.65. The van der Waals surface area contributed by atoms with Crippen LogP contribution in [0.2, 0.25) is 5.02 Å². The van der Waals surface area contributed by atoms with Crippen LogP contribution in [0.5, 0.6) is 5.75 Å². The molecule has 0 fully saturated rings. The number of phenolic OH excluding ortho intramolecular Hbond substituents is 1. The number of halogens is 1. The molecule has 0 aliphatic carbocycles. The largest absolute Gasteiger partial charge is 0.508 e. The molecule has 0 aliphatic rings. The molecule has 0 saturated heterocycles. The molecule has 2 aromatic heterocycles. The highest BCUT2D eigenvalue weighted by molar-refractivity contribution is 7.22. The number of phenols is 1. The molecule has 0 saturated carbocycles. The van der Waals surface area contributed by atoms with Gasteiger partial charge >= 0.3 is 0 Å². The molecule has 43 heavy (non-hydrogen) atoms. The van der Waals surface area contributed by atoms with Crippen LogP contribution in [0.1, 0.15) is 17.2 Å². The first-order chi connectivity index (χ1) is 20.9. The van der Waals surface area contributed by atoms with E-state index >= 15 is 0 Å². The molecule has 8 nitrogen and oxygen atoms in total. The van der Waals surface area contributed by atoms with E-state index in [0.717, 1.165) is 32.2 Å². The SMILES string of the molecule is O=[N+]([O-])c1ccc(-c2nn(-c3ccccc3)cc2C(Nc2nc3ccc(Cl)cc3s2)c2c(O)ccc3ccccc23)cc1. The number of hydrogen-bond acceptors (Lipinski definition) is 7. The number of hydrogen-bond donors (Lipinski definition) is 2. The van der Waals surface area contributed by atoms with Crippen molar-refractivity contribution in [2.24, 2.45) is 0 Å². The van der Waals surface area contributed by atoms with Gasteiger partial charge in [-0.2, -0.15) is 5.10 Å². The highest BCUT2D eigenvalue weighted by Gasteiger charge is 2.28. The predicted octanol–water partition coefficient (Wildman–Crippen LogP) is 8.77. The monoisotopic (exact) mass is 603 g/mol. The van der Waals surface area contributed by atoms with Crippen molar-refractivity contribution < 1.29 is 10.0 Å². The summed E-state index contributed by atoms with van der Waals surface area (Å²) in [7, 11) is 0. The van der Waals surface area contributed by atoms with Crippen LogP contribution in [0.4, 0.5) is 10.8 Å². The summed E-state index contributed by atoms with van der Waals surface area (Å²) in [6.45, 7) is 0. The van der Waals surface area contributed by atoms with Crippen molar-refractivity contribution in [3.8, 4) is 22.7 Å². The standard InChI is InChI=1S/C33H22ClN5O3S/c34-22-13-16-27-29(18-22)43-33(35-27)36-32(30-25-9-5-4-6-20(25)12-17-28(30)40)26-19-38(23-7-2-1-3-8-23)37-31(26)21-10-14-24(15-11-21)39(41)42/h1-19,32,40H,(H,35,36). The molecule has 0 aliphatic heterocycles.